The lowest BCUT2D eigenvalue weighted by Crippen LogP contribution is -2.55. The zero-order valence-corrected chi connectivity index (χ0v) is 13.3. The summed E-state index contributed by atoms with van der Waals surface area (Å²) in [5.74, 6) is 0.255. The van der Waals surface area contributed by atoms with Gasteiger partial charge in [0.05, 0.1) is 6.61 Å². The first-order valence-electron chi connectivity index (χ1n) is 7.93. The second-order valence-corrected chi connectivity index (χ2v) is 5.65. The van der Waals surface area contributed by atoms with Gasteiger partial charge in [0, 0.05) is 51.3 Å². The number of nitrogens with two attached hydrogens (primary N) is 1. The van der Waals surface area contributed by atoms with Gasteiger partial charge in [-0.25, -0.2) is 0 Å². The van der Waals surface area contributed by atoms with E-state index in [2.05, 4.69) is 11.8 Å². The zero-order chi connectivity index (χ0) is 15.0. The molecule has 1 amide bonds. The maximum Gasteiger partial charge on any atom is 0.222 e. The Morgan fingerprint density at radius 1 is 1.40 bits per heavy atom. The smallest absolute Gasteiger partial charge is 0.222 e. The van der Waals surface area contributed by atoms with Crippen LogP contribution in [-0.4, -0.2) is 67.2 Å². The highest BCUT2D eigenvalue weighted by molar-refractivity contribution is 5.76. The summed E-state index contributed by atoms with van der Waals surface area (Å²) < 4.78 is 5.43. The zero-order valence-electron chi connectivity index (χ0n) is 13.3. The van der Waals surface area contributed by atoms with Crippen molar-refractivity contribution in [2.75, 3.05) is 39.4 Å². The Balaban J connectivity index is 2.39. The minimum atomic E-state index is 0.105. The minimum absolute atomic E-state index is 0.105. The lowest BCUT2D eigenvalue weighted by atomic mass is 10.1. The molecule has 1 aliphatic heterocycles. The van der Waals surface area contributed by atoms with Crippen LogP contribution in [0.2, 0.25) is 0 Å². The van der Waals surface area contributed by atoms with Crippen molar-refractivity contribution >= 4 is 5.91 Å². The molecule has 1 rings (SSSR count). The molecule has 0 bridgehead atoms. The molecule has 0 aromatic heterocycles. The van der Waals surface area contributed by atoms with E-state index in [0.717, 1.165) is 52.2 Å². The topological polar surface area (TPSA) is 58.8 Å². The van der Waals surface area contributed by atoms with Gasteiger partial charge in [-0.05, 0) is 26.7 Å². The number of hydrogen-bond donors (Lipinski definition) is 1. The summed E-state index contributed by atoms with van der Waals surface area (Å²) >= 11 is 0. The molecule has 2 unspecified atom stereocenters. The number of hydrogen-bond acceptors (Lipinski definition) is 4. The summed E-state index contributed by atoms with van der Waals surface area (Å²) in [7, 11) is 0. The van der Waals surface area contributed by atoms with Crippen molar-refractivity contribution in [2.24, 2.45) is 5.73 Å². The molecule has 5 nitrogen and oxygen atoms in total. The molecule has 20 heavy (non-hydrogen) atoms. The average Bonchev–Trinajstić information content (AvgIpc) is 2.45. The Hall–Kier alpha value is -0.650. The first kappa shape index (κ1) is 17.4. The molecule has 2 N–H and O–H groups in total. The van der Waals surface area contributed by atoms with Gasteiger partial charge < -0.3 is 15.4 Å². The Morgan fingerprint density at radius 2 is 2.15 bits per heavy atom. The van der Waals surface area contributed by atoms with Crippen molar-refractivity contribution in [3.63, 3.8) is 0 Å². The van der Waals surface area contributed by atoms with Gasteiger partial charge in [-0.2, -0.15) is 0 Å². The third-order valence-corrected chi connectivity index (χ3v) is 3.97. The van der Waals surface area contributed by atoms with Gasteiger partial charge in [-0.1, -0.05) is 6.92 Å². The molecule has 0 aliphatic carbocycles. The van der Waals surface area contributed by atoms with Crippen molar-refractivity contribution in [1.29, 1.82) is 0 Å². The van der Waals surface area contributed by atoms with Gasteiger partial charge in [0.15, 0.2) is 0 Å². The highest BCUT2D eigenvalue weighted by Gasteiger charge is 2.27. The fraction of sp³-hybridized carbons (Fsp3) is 0.933. The number of carbonyl (C=O) groups is 1. The van der Waals surface area contributed by atoms with Crippen LogP contribution in [0, 0.1) is 0 Å². The van der Waals surface area contributed by atoms with E-state index < -0.39 is 0 Å². The summed E-state index contributed by atoms with van der Waals surface area (Å²) in [4.78, 5) is 16.6. The van der Waals surface area contributed by atoms with Crippen LogP contribution >= 0.6 is 0 Å². The van der Waals surface area contributed by atoms with Crippen LogP contribution in [0.25, 0.3) is 0 Å². The van der Waals surface area contributed by atoms with Gasteiger partial charge in [-0.3, -0.25) is 9.69 Å². The Kier molecular flexibility index (Phi) is 8.11. The molecule has 0 radical (unpaired) electrons. The van der Waals surface area contributed by atoms with E-state index in [1.807, 2.05) is 18.7 Å². The molecule has 1 heterocycles. The van der Waals surface area contributed by atoms with E-state index in [9.17, 15) is 4.79 Å². The molecule has 0 aromatic rings. The van der Waals surface area contributed by atoms with Crippen LogP contribution in [-0.2, 0) is 9.53 Å². The molecular formula is C15H31N3O2. The van der Waals surface area contributed by atoms with Crippen molar-refractivity contribution in [2.45, 2.75) is 52.1 Å². The largest absolute Gasteiger partial charge is 0.380 e. The number of amides is 1. The molecule has 118 valence electrons. The maximum absolute atomic E-state index is 12.2. The predicted octanol–water partition coefficient (Wildman–Crippen LogP) is 1.07. The molecule has 1 saturated heterocycles. The van der Waals surface area contributed by atoms with E-state index in [-0.39, 0.29) is 11.9 Å². The third-order valence-electron chi connectivity index (χ3n) is 3.97. The summed E-state index contributed by atoms with van der Waals surface area (Å²) in [6, 6.07) is 0.567. The molecule has 5 heteroatoms. The Morgan fingerprint density at radius 3 is 2.75 bits per heavy atom. The number of nitrogens with zero attached hydrogens (tertiary/aromatic N) is 2. The first-order chi connectivity index (χ1) is 9.58. The number of rotatable bonds is 8. The molecule has 0 spiro atoms. The van der Waals surface area contributed by atoms with Crippen LogP contribution in [0.15, 0.2) is 0 Å². The van der Waals surface area contributed by atoms with Crippen molar-refractivity contribution in [3.8, 4) is 0 Å². The van der Waals surface area contributed by atoms with E-state index in [4.69, 9.17) is 10.5 Å². The molecule has 1 fully saturated rings. The minimum Gasteiger partial charge on any atom is -0.380 e. The fourth-order valence-corrected chi connectivity index (χ4v) is 2.64. The highest BCUT2D eigenvalue weighted by atomic mass is 16.5. The van der Waals surface area contributed by atoms with Crippen LogP contribution in [0.1, 0.15) is 40.0 Å². The SMILES string of the molecule is CCOCCN1CCN(C(=O)CCC(C)N)CC1CC. The predicted molar refractivity (Wildman–Crippen MR) is 81.6 cm³/mol. The lowest BCUT2D eigenvalue weighted by Gasteiger charge is -2.41. The third kappa shape index (κ3) is 5.77. The number of carbonyl (C=O) groups excluding carboxylic acids is 1. The van der Waals surface area contributed by atoms with Crippen molar-refractivity contribution in [3.05, 3.63) is 0 Å². The summed E-state index contributed by atoms with van der Waals surface area (Å²) in [5.41, 5.74) is 5.72. The Bertz CT molecular complexity index is 284. The summed E-state index contributed by atoms with van der Waals surface area (Å²) in [5, 5.41) is 0. The highest BCUT2D eigenvalue weighted by Crippen LogP contribution is 2.14. The van der Waals surface area contributed by atoms with Gasteiger partial charge in [-0.15, -0.1) is 0 Å². The average molecular weight is 285 g/mol. The molecule has 0 saturated carbocycles. The van der Waals surface area contributed by atoms with E-state index in [1.54, 1.807) is 0 Å². The number of ether oxygens (including phenoxy) is 1. The van der Waals surface area contributed by atoms with Crippen LogP contribution in [0.4, 0.5) is 0 Å². The second kappa shape index (κ2) is 9.32. The van der Waals surface area contributed by atoms with Crippen LogP contribution in [0.3, 0.4) is 0 Å². The van der Waals surface area contributed by atoms with E-state index in [0.29, 0.717) is 12.5 Å². The van der Waals surface area contributed by atoms with Gasteiger partial charge in [0.25, 0.3) is 0 Å². The maximum atomic E-state index is 12.2. The molecule has 2 atom stereocenters. The second-order valence-electron chi connectivity index (χ2n) is 5.65. The van der Waals surface area contributed by atoms with Crippen molar-refractivity contribution in [1.82, 2.24) is 9.80 Å². The van der Waals surface area contributed by atoms with Gasteiger partial charge in [0.1, 0.15) is 0 Å². The number of piperazine rings is 1. The fourth-order valence-electron chi connectivity index (χ4n) is 2.64. The van der Waals surface area contributed by atoms with Crippen molar-refractivity contribution < 1.29 is 9.53 Å². The van der Waals surface area contributed by atoms with Gasteiger partial charge in [0.2, 0.25) is 5.91 Å². The molecular weight excluding hydrogens is 254 g/mol. The van der Waals surface area contributed by atoms with Crippen LogP contribution in [0.5, 0.6) is 0 Å². The molecule has 0 aromatic carbocycles. The first-order valence-corrected chi connectivity index (χ1v) is 7.93. The normalized spacial score (nSPS) is 22.0. The van der Waals surface area contributed by atoms with Crippen LogP contribution < -0.4 is 5.73 Å². The summed E-state index contributed by atoms with van der Waals surface area (Å²) in [6.07, 6.45) is 2.43. The van der Waals surface area contributed by atoms with Gasteiger partial charge >= 0.3 is 0 Å². The quantitative estimate of drug-likeness (QED) is 0.678. The Labute approximate surface area is 123 Å². The lowest BCUT2D eigenvalue weighted by molar-refractivity contribution is -0.134. The van der Waals surface area contributed by atoms with E-state index >= 15 is 0 Å². The standard InChI is InChI=1S/C15H31N3O2/c1-4-14-12-18(15(19)7-6-13(3)16)9-8-17(14)10-11-20-5-2/h13-14H,4-12,16H2,1-3H3. The van der Waals surface area contributed by atoms with E-state index in [1.165, 1.54) is 0 Å². The molecule has 1 aliphatic rings. The summed E-state index contributed by atoms with van der Waals surface area (Å²) in [6.45, 7) is 11.3. The monoisotopic (exact) mass is 285 g/mol.